The normalized spacial score (nSPS) is 21.9. The molecule has 0 spiro atoms. The van der Waals surface area contributed by atoms with Gasteiger partial charge < -0.3 is 10.4 Å². The third-order valence-electron chi connectivity index (χ3n) is 3.58. The summed E-state index contributed by atoms with van der Waals surface area (Å²) >= 11 is 0. The van der Waals surface area contributed by atoms with Crippen molar-refractivity contribution < 1.29 is 9.90 Å². The zero-order chi connectivity index (χ0) is 13.9. The molecule has 0 saturated heterocycles. The van der Waals surface area contributed by atoms with Crippen LogP contribution in [-0.4, -0.2) is 38.2 Å². The summed E-state index contributed by atoms with van der Waals surface area (Å²) in [5.74, 6) is -0.205. The van der Waals surface area contributed by atoms with E-state index in [0.717, 1.165) is 19.3 Å². The lowest BCUT2D eigenvalue weighted by Gasteiger charge is -2.17. The maximum Gasteiger partial charge on any atom is 0.253 e. The zero-order valence-electron chi connectivity index (χ0n) is 10.9. The summed E-state index contributed by atoms with van der Waals surface area (Å²) in [7, 11) is 0. The Labute approximate surface area is 116 Å². The number of para-hydroxylation sites is 1. The third-order valence-corrected chi connectivity index (χ3v) is 3.58. The van der Waals surface area contributed by atoms with Crippen molar-refractivity contribution in [3.05, 3.63) is 42.2 Å². The van der Waals surface area contributed by atoms with Gasteiger partial charge in [-0.2, -0.15) is 15.0 Å². The number of hydrogen-bond donors (Lipinski definition) is 2. The van der Waals surface area contributed by atoms with E-state index in [1.165, 1.54) is 4.80 Å². The van der Waals surface area contributed by atoms with E-state index in [0.29, 0.717) is 11.3 Å². The summed E-state index contributed by atoms with van der Waals surface area (Å²) in [5, 5.41) is 20.8. The molecule has 1 aliphatic carbocycles. The SMILES string of the molecule is O=C(N[C@H]1CCC[C@@H]1O)c1ccccc1-n1nccn1. The van der Waals surface area contributed by atoms with E-state index in [1.807, 2.05) is 6.07 Å². The molecular weight excluding hydrogens is 256 g/mol. The van der Waals surface area contributed by atoms with E-state index >= 15 is 0 Å². The summed E-state index contributed by atoms with van der Waals surface area (Å²) in [6, 6.07) is 6.99. The van der Waals surface area contributed by atoms with Crippen LogP contribution in [0.4, 0.5) is 0 Å². The molecule has 1 fully saturated rings. The predicted octanol–water partition coefficient (Wildman–Crippen LogP) is 0.911. The first-order valence-corrected chi connectivity index (χ1v) is 6.70. The van der Waals surface area contributed by atoms with Gasteiger partial charge in [0.25, 0.3) is 5.91 Å². The molecule has 1 amide bonds. The number of carbonyl (C=O) groups is 1. The lowest BCUT2D eigenvalue weighted by molar-refractivity contribution is 0.0873. The van der Waals surface area contributed by atoms with Crippen LogP contribution in [0.5, 0.6) is 0 Å². The molecule has 0 unspecified atom stereocenters. The summed E-state index contributed by atoms with van der Waals surface area (Å²) in [4.78, 5) is 13.8. The minimum Gasteiger partial charge on any atom is -0.391 e. The molecule has 0 radical (unpaired) electrons. The Kier molecular flexibility index (Phi) is 3.47. The van der Waals surface area contributed by atoms with Gasteiger partial charge in [-0.3, -0.25) is 4.79 Å². The number of aliphatic hydroxyl groups is 1. The molecule has 1 saturated carbocycles. The van der Waals surface area contributed by atoms with Crippen molar-refractivity contribution >= 4 is 5.91 Å². The first-order valence-electron chi connectivity index (χ1n) is 6.70. The number of aromatic nitrogens is 3. The maximum absolute atomic E-state index is 12.4. The fourth-order valence-corrected chi connectivity index (χ4v) is 2.54. The van der Waals surface area contributed by atoms with Crippen LogP contribution in [0, 0.1) is 0 Å². The summed E-state index contributed by atoms with van der Waals surface area (Å²) < 4.78 is 0. The minimum atomic E-state index is -0.450. The Balaban J connectivity index is 1.85. The van der Waals surface area contributed by atoms with Crippen LogP contribution in [0.1, 0.15) is 29.6 Å². The lowest BCUT2D eigenvalue weighted by atomic mass is 10.1. The van der Waals surface area contributed by atoms with Gasteiger partial charge in [0.1, 0.15) is 0 Å². The van der Waals surface area contributed by atoms with Gasteiger partial charge in [0.2, 0.25) is 0 Å². The molecule has 104 valence electrons. The van der Waals surface area contributed by atoms with Gasteiger partial charge in [-0.15, -0.1) is 0 Å². The molecule has 1 aromatic carbocycles. The standard InChI is InChI=1S/C14H16N4O2/c19-13-7-3-5-11(13)17-14(20)10-4-1-2-6-12(10)18-15-8-9-16-18/h1-2,4,6,8-9,11,13,19H,3,5,7H2,(H,17,20)/t11-,13-/m0/s1. The fraction of sp³-hybridized carbons (Fsp3) is 0.357. The van der Waals surface area contributed by atoms with Crippen LogP contribution in [0.2, 0.25) is 0 Å². The molecule has 6 heteroatoms. The van der Waals surface area contributed by atoms with Crippen molar-refractivity contribution in [3.8, 4) is 5.69 Å². The number of nitrogens with zero attached hydrogens (tertiary/aromatic N) is 3. The molecule has 2 atom stereocenters. The van der Waals surface area contributed by atoms with E-state index in [4.69, 9.17) is 0 Å². The summed E-state index contributed by atoms with van der Waals surface area (Å²) in [6.45, 7) is 0. The molecule has 20 heavy (non-hydrogen) atoms. The first kappa shape index (κ1) is 12.8. The summed E-state index contributed by atoms with van der Waals surface area (Å²) in [5.41, 5.74) is 1.13. The second-order valence-corrected chi connectivity index (χ2v) is 4.91. The van der Waals surface area contributed by atoms with Crippen molar-refractivity contribution in [3.63, 3.8) is 0 Å². The molecule has 1 aliphatic rings. The average Bonchev–Trinajstić information content (AvgIpc) is 3.11. The second kappa shape index (κ2) is 5.42. The smallest absolute Gasteiger partial charge is 0.253 e. The third kappa shape index (κ3) is 2.42. The molecule has 2 aromatic rings. The predicted molar refractivity (Wildman–Crippen MR) is 72.5 cm³/mol. The van der Waals surface area contributed by atoms with E-state index in [9.17, 15) is 9.90 Å². The van der Waals surface area contributed by atoms with Crippen LogP contribution >= 0.6 is 0 Å². The molecular formula is C14H16N4O2. The van der Waals surface area contributed by atoms with Crippen LogP contribution in [0.15, 0.2) is 36.7 Å². The van der Waals surface area contributed by atoms with Crippen molar-refractivity contribution in [2.45, 2.75) is 31.4 Å². The highest BCUT2D eigenvalue weighted by Crippen LogP contribution is 2.20. The van der Waals surface area contributed by atoms with E-state index < -0.39 is 6.10 Å². The quantitative estimate of drug-likeness (QED) is 0.870. The lowest BCUT2D eigenvalue weighted by Crippen LogP contribution is -2.40. The Bertz CT molecular complexity index is 597. The van der Waals surface area contributed by atoms with Crippen molar-refractivity contribution in [1.29, 1.82) is 0 Å². The highest BCUT2D eigenvalue weighted by molar-refractivity contribution is 5.97. The number of aliphatic hydroxyl groups excluding tert-OH is 1. The Hall–Kier alpha value is -2.21. The van der Waals surface area contributed by atoms with Gasteiger partial charge >= 0.3 is 0 Å². The van der Waals surface area contributed by atoms with Crippen LogP contribution in [0.25, 0.3) is 5.69 Å². The molecule has 1 aromatic heterocycles. The highest BCUT2D eigenvalue weighted by Gasteiger charge is 2.27. The number of rotatable bonds is 3. The average molecular weight is 272 g/mol. The van der Waals surface area contributed by atoms with Gasteiger partial charge in [0.05, 0.1) is 35.8 Å². The molecule has 2 N–H and O–H groups in total. The van der Waals surface area contributed by atoms with E-state index in [2.05, 4.69) is 15.5 Å². The van der Waals surface area contributed by atoms with Gasteiger partial charge in [-0.05, 0) is 31.4 Å². The van der Waals surface area contributed by atoms with Crippen molar-refractivity contribution in [2.75, 3.05) is 0 Å². The van der Waals surface area contributed by atoms with Gasteiger partial charge in [-0.1, -0.05) is 12.1 Å². The number of carbonyl (C=O) groups excluding carboxylic acids is 1. The number of amides is 1. The number of benzene rings is 1. The first-order chi connectivity index (χ1) is 9.75. The molecule has 3 rings (SSSR count). The minimum absolute atomic E-state index is 0.166. The van der Waals surface area contributed by atoms with Crippen LogP contribution < -0.4 is 5.32 Å². The summed E-state index contributed by atoms with van der Waals surface area (Å²) in [6.07, 6.45) is 5.18. The Morgan fingerprint density at radius 3 is 2.70 bits per heavy atom. The topological polar surface area (TPSA) is 80.0 Å². The van der Waals surface area contributed by atoms with Gasteiger partial charge in [-0.25, -0.2) is 0 Å². The van der Waals surface area contributed by atoms with E-state index in [1.54, 1.807) is 30.6 Å². The number of nitrogens with one attached hydrogen (secondary N) is 1. The second-order valence-electron chi connectivity index (χ2n) is 4.91. The Morgan fingerprint density at radius 2 is 2.00 bits per heavy atom. The van der Waals surface area contributed by atoms with Crippen molar-refractivity contribution in [1.82, 2.24) is 20.3 Å². The van der Waals surface area contributed by atoms with Crippen LogP contribution in [-0.2, 0) is 0 Å². The van der Waals surface area contributed by atoms with Gasteiger partial charge in [0.15, 0.2) is 0 Å². The molecule has 6 nitrogen and oxygen atoms in total. The fourth-order valence-electron chi connectivity index (χ4n) is 2.54. The van der Waals surface area contributed by atoms with E-state index in [-0.39, 0.29) is 11.9 Å². The molecule has 0 aliphatic heterocycles. The zero-order valence-corrected chi connectivity index (χ0v) is 10.9. The highest BCUT2D eigenvalue weighted by atomic mass is 16.3. The molecule has 1 heterocycles. The van der Waals surface area contributed by atoms with Gasteiger partial charge in [0, 0.05) is 0 Å². The molecule has 0 bridgehead atoms. The monoisotopic (exact) mass is 272 g/mol. The maximum atomic E-state index is 12.4. The Morgan fingerprint density at radius 1 is 1.25 bits per heavy atom. The largest absolute Gasteiger partial charge is 0.391 e. The van der Waals surface area contributed by atoms with Crippen LogP contribution in [0.3, 0.4) is 0 Å². The number of hydrogen-bond acceptors (Lipinski definition) is 4. The van der Waals surface area contributed by atoms with Crippen molar-refractivity contribution in [2.24, 2.45) is 0 Å².